The Morgan fingerprint density at radius 1 is 1.16 bits per heavy atom. The summed E-state index contributed by atoms with van der Waals surface area (Å²) in [5.74, 6) is -1.94. The minimum Gasteiger partial charge on any atom is -0.481 e. The first-order valence-corrected chi connectivity index (χ1v) is 6.71. The van der Waals surface area contributed by atoms with E-state index in [0.29, 0.717) is 12.8 Å². The predicted octanol–water partition coefficient (Wildman–Crippen LogP) is 3.93. The van der Waals surface area contributed by atoms with Crippen molar-refractivity contribution in [3.05, 3.63) is 35.4 Å². The lowest BCUT2D eigenvalue weighted by atomic mass is 9.75. The van der Waals surface area contributed by atoms with Gasteiger partial charge in [0, 0.05) is 0 Å². The van der Waals surface area contributed by atoms with Crippen LogP contribution in [0.5, 0.6) is 0 Å². The van der Waals surface area contributed by atoms with Crippen LogP contribution < -0.4 is 0 Å². The zero-order valence-corrected chi connectivity index (χ0v) is 10.8. The minimum atomic E-state index is -0.939. The van der Waals surface area contributed by atoms with E-state index in [9.17, 15) is 18.7 Å². The molecule has 4 heteroatoms. The molecule has 0 heterocycles. The highest BCUT2D eigenvalue weighted by Crippen LogP contribution is 2.39. The van der Waals surface area contributed by atoms with E-state index in [1.807, 2.05) is 0 Å². The molecule has 1 fully saturated rings. The molecule has 104 valence electrons. The smallest absolute Gasteiger partial charge is 0.309 e. The third-order valence-electron chi connectivity index (χ3n) is 4.05. The number of carboxylic acid groups (broad SMARTS) is 1. The molecule has 2 rings (SSSR count). The Bertz CT molecular complexity index is 463. The van der Waals surface area contributed by atoms with Crippen LogP contribution >= 0.6 is 0 Å². The maximum Gasteiger partial charge on any atom is 0.309 e. The van der Waals surface area contributed by atoms with Gasteiger partial charge in [-0.25, -0.2) is 8.78 Å². The Labute approximate surface area is 111 Å². The molecule has 0 bridgehead atoms. The number of carboxylic acids is 1. The van der Waals surface area contributed by atoms with Crippen molar-refractivity contribution in [2.75, 3.05) is 0 Å². The largest absolute Gasteiger partial charge is 0.481 e. The van der Waals surface area contributed by atoms with Gasteiger partial charge in [-0.1, -0.05) is 25.7 Å². The summed E-state index contributed by atoms with van der Waals surface area (Å²) in [6, 6.07) is 3.24. The van der Waals surface area contributed by atoms with Gasteiger partial charge in [-0.3, -0.25) is 4.79 Å². The Morgan fingerprint density at radius 3 is 2.37 bits per heavy atom. The summed E-state index contributed by atoms with van der Waals surface area (Å²) < 4.78 is 26.9. The van der Waals surface area contributed by atoms with Crippen molar-refractivity contribution in [1.82, 2.24) is 0 Å². The minimum absolute atomic E-state index is 0.0753. The summed E-state index contributed by atoms with van der Waals surface area (Å²) in [6.45, 7) is 0. The summed E-state index contributed by atoms with van der Waals surface area (Å²) in [4.78, 5) is 11.6. The molecule has 1 aromatic rings. The summed E-state index contributed by atoms with van der Waals surface area (Å²) in [7, 11) is 0. The van der Waals surface area contributed by atoms with E-state index in [1.165, 1.54) is 0 Å². The number of benzene rings is 1. The van der Waals surface area contributed by atoms with Gasteiger partial charge in [0.1, 0.15) is 11.6 Å². The van der Waals surface area contributed by atoms with Crippen molar-refractivity contribution in [2.45, 2.75) is 44.9 Å². The molecule has 1 aromatic carbocycles. The SMILES string of the molecule is O=C(O)C1(Cc2cc(F)ccc2F)CCCCCC1. The molecule has 0 unspecified atom stereocenters. The Morgan fingerprint density at radius 2 is 1.79 bits per heavy atom. The van der Waals surface area contributed by atoms with Crippen molar-refractivity contribution >= 4 is 5.97 Å². The monoisotopic (exact) mass is 268 g/mol. The summed E-state index contributed by atoms with van der Waals surface area (Å²) in [5.41, 5.74) is -0.769. The highest BCUT2D eigenvalue weighted by atomic mass is 19.1. The van der Waals surface area contributed by atoms with E-state index >= 15 is 0 Å². The molecule has 1 aliphatic rings. The van der Waals surface area contributed by atoms with Gasteiger partial charge in [-0.15, -0.1) is 0 Å². The first-order valence-electron chi connectivity index (χ1n) is 6.71. The maximum atomic E-state index is 13.7. The average Bonchev–Trinajstić information content (AvgIpc) is 2.60. The normalized spacial score (nSPS) is 18.8. The second-order valence-electron chi connectivity index (χ2n) is 5.41. The Hall–Kier alpha value is -1.45. The number of aliphatic carboxylic acids is 1. The van der Waals surface area contributed by atoms with Gasteiger partial charge >= 0.3 is 5.97 Å². The van der Waals surface area contributed by atoms with Gasteiger partial charge in [-0.05, 0) is 43.0 Å². The second-order valence-corrected chi connectivity index (χ2v) is 5.41. The topological polar surface area (TPSA) is 37.3 Å². The zero-order valence-electron chi connectivity index (χ0n) is 10.8. The van der Waals surface area contributed by atoms with Crippen molar-refractivity contribution in [3.63, 3.8) is 0 Å². The van der Waals surface area contributed by atoms with Gasteiger partial charge < -0.3 is 5.11 Å². The van der Waals surface area contributed by atoms with Crippen molar-refractivity contribution in [1.29, 1.82) is 0 Å². The number of halogens is 2. The van der Waals surface area contributed by atoms with E-state index in [1.54, 1.807) is 0 Å². The van der Waals surface area contributed by atoms with Crippen LogP contribution in [0.25, 0.3) is 0 Å². The van der Waals surface area contributed by atoms with E-state index in [-0.39, 0.29) is 12.0 Å². The molecule has 0 radical (unpaired) electrons. The van der Waals surface area contributed by atoms with Crippen LogP contribution in [0.2, 0.25) is 0 Å². The lowest BCUT2D eigenvalue weighted by Crippen LogP contribution is -2.33. The molecule has 0 spiro atoms. The predicted molar refractivity (Wildman–Crippen MR) is 67.8 cm³/mol. The molecule has 1 aliphatic carbocycles. The Balaban J connectivity index is 2.29. The fraction of sp³-hybridized carbons (Fsp3) is 0.533. The van der Waals surface area contributed by atoms with Crippen LogP contribution in [-0.2, 0) is 11.2 Å². The summed E-state index contributed by atoms with van der Waals surface area (Å²) in [6.07, 6.45) is 4.86. The van der Waals surface area contributed by atoms with Crippen LogP contribution in [0.4, 0.5) is 8.78 Å². The van der Waals surface area contributed by atoms with Gasteiger partial charge in [0.15, 0.2) is 0 Å². The van der Waals surface area contributed by atoms with Gasteiger partial charge in [0.2, 0.25) is 0 Å². The lowest BCUT2D eigenvalue weighted by molar-refractivity contribution is -0.149. The number of hydrogen-bond acceptors (Lipinski definition) is 1. The van der Waals surface area contributed by atoms with Crippen molar-refractivity contribution in [3.8, 4) is 0 Å². The van der Waals surface area contributed by atoms with Crippen molar-refractivity contribution in [2.24, 2.45) is 5.41 Å². The summed E-state index contributed by atoms with van der Waals surface area (Å²) >= 11 is 0. The molecule has 1 saturated carbocycles. The first-order chi connectivity index (χ1) is 9.03. The molecule has 0 aromatic heterocycles. The fourth-order valence-electron chi connectivity index (χ4n) is 2.91. The van der Waals surface area contributed by atoms with E-state index in [2.05, 4.69) is 0 Å². The van der Waals surface area contributed by atoms with Crippen molar-refractivity contribution < 1.29 is 18.7 Å². The molecule has 2 nitrogen and oxygen atoms in total. The van der Waals surface area contributed by atoms with Crippen LogP contribution in [0.3, 0.4) is 0 Å². The fourth-order valence-corrected chi connectivity index (χ4v) is 2.91. The van der Waals surface area contributed by atoms with Gasteiger partial charge in [0.05, 0.1) is 5.41 Å². The third kappa shape index (κ3) is 3.11. The highest BCUT2D eigenvalue weighted by Gasteiger charge is 2.39. The van der Waals surface area contributed by atoms with Crippen LogP contribution in [-0.4, -0.2) is 11.1 Å². The number of carbonyl (C=O) groups is 1. The number of rotatable bonds is 3. The maximum absolute atomic E-state index is 13.7. The molecular formula is C15H18F2O2. The first kappa shape index (κ1) is 14.0. The molecule has 0 atom stereocenters. The second kappa shape index (κ2) is 5.68. The standard InChI is InChI=1S/C15H18F2O2/c16-12-5-6-13(17)11(9-12)10-15(14(18)19)7-3-1-2-4-8-15/h5-6,9H,1-4,7-8,10H2,(H,18,19). The molecule has 0 aliphatic heterocycles. The molecular weight excluding hydrogens is 250 g/mol. The third-order valence-corrected chi connectivity index (χ3v) is 4.05. The van der Waals surface area contributed by atoms with E-state index in [4.69, 9.17) is 0 Å². The van der Waals surface area contributed by atoms with E-state index in [0.717, 1.165) is 43.9 Å². The molecule has 19 heavy (non-hydrogen) atoms. The van der Waals surface area contributed by atoms with Gasteiger partial charge in [0.25, 0.3) is 0 Å². The summed E-state index contributed by atoms with van der Waals surface area (Å²) in [5, 5.41) is 9.52. The molecule has 1 N–H and O–H groups in total. The van der Waals surface area contributed by atoms with E-state index < -0.39 is 23.0 Å². The quantitative estimate of drug-likeness (QED) is 0.843. The van der Waals surface area contributed by atoms with Crippen LogP contribution in [0.1, 0.15) is 44.1 Å². The molecule has 0 saturated heterocycles. The zero-order chi connectivity index (χ0) is 13.9. The Kier molecular flexibility index (Phi) is 4.17. The lowest BCUT2D eigenvalue weighted by Gasteiger charge is -2.28. The molecule has 0 amide bonds. The van der Waals surface area contributed by atoms with Crippen LogP contribution in [0, 0.1) is 17.0 Å². The average molecular weight is 268 g/mol. The van der Waals surface area contributed by atoms with Gasteiger partial charge in [-0.2, -0.15) is 0 Å². The number of hydrogen-bond donors (Lipinski definition) is 1. The highest BCUT2D eigenvalue weighted by molar-refractivity contribution is 5.75. The van der Waals surface area contributed by atoms with Crippen LogP contribution in [0.15, 0.2) is 18.2 Å².